The standard InChI is InChI=1S/C21H22FN3O2S/c1-3-10-18(20(26)27-4-2)28-21-24-23-19(16-13-8-9-14-17(16)22)25(21)15-11-6-5-7-12-15/h5-9,11-14,18H,3-4,10H2,1-2H3/t18-/m1/s1. The second-order valence-corrected chi connectivity index (χ2v) is 7.27. The summed E-state index contributed by atoms with van der Waals surface area (Å²) in [4.78, 5) is 12.4. The molecular weight excluding hydrogens is 377 g/mol. The minimum absolute atomic E-state index is 0.274. The minimum Gasteiger partial charge on any atom is -0.465 e. The lowest BCUT2D eigenvalue weighted by molar-refractivity contribution is -0.142. The molecule has 0 amide bonds. The topological polar surface area (TPSA) is 57.0 Å². The summed E-state index contributed by atoms with van der Waals surface area (Å²) in [5.74, 6) is -0.255. The second kappa shape index (κ2) is 9.50. The number of para-hydroxylation sites is 1. The first-order valence-corrected chi connectivity index (χ1v) is 10.1. The number of halogens is 1. The molecule has 28 heavy (non-hydrogen) atoms. The Morgan fingerprint density at radius 3 is 2.50 bits per heavy atom. The molecule has 3 rings (SSSR count). The molecule has 0 N–H and O–H groups in total. The number of ether oxygens (including phenoxy) is 1. The van der Waals surface area contributed by atoms with Crippen LogP contribution >= 0.6 is 11.8 Å². The molecule has 146 valence electrons. The summed E-state index contributed by atoms with van der Waals surface area (Å²) in [6, 6.07) is 15.9. The zero-order valence-corrected chi connectivity index (χ0v) is 16.7. The molecule has 1 heterocycles. The van der Waals surface area contributed by atoms with Gasteiger partial charge in [-0.2, -0.15) is 0 Å². The van der Waals surface area contributed by atoms with Gasteiger partial charge in [-0.3, -0.25) is 9.36 Å². The van der Waals surface area contributed by atoms with E-state index >= 15 is 0 Å². The molecule has 0 fully saturated rings. The fraction of sp³-hybridized carbons (Fsp3) is 0.286. The summed E-state index contributed by atoms with van der Waals surface area (Å²) >= 11 is 1.30. The van der Waals surface area contributed by atoms with Crippen LogP contribution in [0.1, 0.15) is 26.7 Å². The van der Waals surface area contributed by atoms with Crippen LogP contribution < -0.4 is 0 Å². The van der Waals surface area contributed by atoms with Gasteiger partial charge in [-0.15, -0.1) is 10.2 Å². The van der Waals surface area contributed by atoms with E-state index in [1.807, 2.05) is 37.3 Å². The molecule has 5 nitrogen and oxygen atoms in total. The maximum absolute atomic E-state index is 14.4. The van der Waals surface area contributed by atoms with E-state index in [9.17, 15) is 9.18 Å². The highest BCUT2D eigenvalue weighted by molar-refractivity contribution is 8.00. The lowest BCUT2D eigenvalue weighted by Crippen LogP contribution is -2.20. The third-order valence-electron chi connectivity index (χ3n) is 4.11. The predicted octanol–water partition coefficient (Wildman–Crippen LogP) is 4.90. The number of benzene rings is 2. The van der Waals surface area contributed by atoms with E-state index in [1.165, 1.54) is 17.8 Å². The predicted molar refractivity (Wildman–Crippen MR) is 108 cm³/mol. The molecule has 0 bridgehead atoms. The van der Waals surface area contributed by atoms with Gasteiger partial charge in [0.15, 0.2) is 11.0 Å². The smallest absolute Gasteiger partial charge is 0.319 e. The van der Waals surface area contributed by atoms with Crippen LogP contribution in [0.3, 0.4) is 0 Å². The van der Waals surface area contributed by atoms with E-state index in [2.05, 4.69) is 10.2 Å². The van der Waals surface area contributed by atoms with E-state index in [0.29, 0.717) is 29.6 Å². The van der Waals surface area contributed by atoms with Gasteiger partial charge in [-0.25, -0.2) is 4.39 Å². The first kappa shape index (κ1) is 20.1. The molecule has 0 radical (unpaired) electrons. The summed E-state index contributed by atoms with van der Waals surface area (Å²) in [6.07, 6.45) is 1.48. The zero-order chi connectivity index (χ0) is 19.9. The molecule has 7 heteroatoms. The molecule has 0 unspecified atom stereocenters. The van der Waals surface area contributed by atoms with Crippen molar-refractivity contribution in [1.82, 2.24) is 14.8 Å². The van der Waals surface area contributed by atoms with Gasteiger partial charge in [0.1, 0.15) is 11.1 Å². The fourth-order valence-electron chi connectivity index (χ4n) is 2.82. The molecule has 1 aromatic heterocycles. The van der Waals surface area contributed by atoms with Crippen molar-refractivity contribution in [1.29, 1.82) is 0 Å². The van der Waals surface area contributed by atoms with Crippen molar-refractivity contribution < 1.29 is 13.9 Å². The van der Waals surface area contributed by atoms with Gasteiger partial charge >= 0.3 is 5.97 Å². The molecule has 3 aromatic rings. The average Bonchev–Trinajstić information content (AvgIpc) is 3.12. The number of carbonyl (C=O) groups excluding carboxylic acids is 1. The summed E-state index contributed by atoms with van der Waals surface area (Å²) in [5.41, 5.74) is 1.15. The molecule has 0 spiro atoms. The van der Waals surface area contributed by atoms with Crippen molar-refractivity contribution >= 4 is 17.7 Å². The van der Waals surface area contributed by atoms with E-state index < -0.39 is 5.25 Å². The van der Waals surface area contributed by atoms with Gasteiger partial charge in [-0.05, 0) is 37.6 Å². The second-order valence-electron chi connectivity index (χ2n) is 6.10. The zero-order valence-electron chi connectivity index (χ0n) is 15.8. The van der Waals surface area contributed by atoms with Crippen LogP contribution in [0.25, 0.3) is 17.1 Å². The minimum atomic E-state index is -0.398. The number of nitrogens with zero attached hydrogens (tertiary/aromatic N) is 3. The Morgan fingerprint density at radius 2 is 1.82 bits per heavy atom. The molecule has 0 aliphatic rings. The number of rotatable bonds is 8. The van der Waals surface area contributed by atoms with Crippen molar-refractivity contribution in [3.63, 3.8) is 0 Å². The number of hydrogen-bond donors (Lipinski definition) is 0. The quantitative estimate of drug-likeness (QED) is 0.398. The molecule has 1 atom stereocenters. The Morgan fingerprint density at radius 1 is 1.11 bits per heavy atom. The van der Waals surface area contributed by atoms with Gasteiger partial charge in [0, 0.05) is 5.69 Å². The Kier molecular flexibility index (Phi) is 6.81. The van der Waals surface area contributed by atoms with Crippen molar-refractivity contribution in [2.45, 2.75) is 37.1 Å². The number of thioether (sulfide) groups is 1. The van der Waals surface area contributed by atoms with Gasteiger partial charge in [0.25, 0.3) is 0 Å². The normalized spacial score (nSPS) is 12.0. The van der Waals surface area contributed by atoms with Crippen molar-refractivity contribution in [3.8, 4) is 17.1 Å². The molecule has 0 saturated carbocycles. The lowest BCUT2D eigenvalue weighted by atomic mass is 10.2. The maximum atomic E-state index is 14.4. The Balaban J connectivity index is 2.07. The van der Waals surface area contributed by atoms with Crippen molar-refractivity contribution in [2.24, 2.45) is 0 Å². The fourth-order valence-corrected chi connectivity index (χ4v) is 3.98. The third-order valence-corrected chi connectivity index (χ3v) is 5.30. The van der Waals surface area contributed by atoms with Crippen LogP contribution in [0.4, 0.5) is 4.39 Å². The van der Waals surface area contributed by atoms with Gasteiger partial charge in [0.05, 0.1) is 12.2 Å². The van der Waals surface area contributed by atoms with Gasteiger partial charge in [0.2, 0.25) is 0 Å². The highest BCUT2D eigenvalue weighted by Crippen LogP contribution is 2.32. The first-order valence-electron chi connectivity index (χ1n) is 9.24. The monoisotopic (exact) mass is 399 g/mol. The Labute approximate surface area is 167 Å². The molecule has 0 aliphatic carbocycles. The highest BCUT2D eigenvalue weighted by atomic mass is 32.2. The van der Waals surface area contributed by atoms with Crippen LogP contribution in [0, 0.1) is 5.82 Å². The number of esters is 1. The number of carbonyl (C=O) groups is 1. The van der Waals surface area contributed by atoms with Gasteiger partial charge in [-0.1, -0.05) is 55.4 Å². The van der Waals surface area contributed by atoms with Crippen LogP contribution in [0.5, 0.6) is 0 Å². The summed E-state index contributed by atoms with van der Waals surface area (Å²) < 4.78 is 21.4. The molecule has 2 aromatic carbocycles. The number of aromatic nitrogens is 3. The van der Waals surface area contributed by atoms with Crippen LogP contribution in [0.15, 0.2) is 59.8 Å². The Hall–Kier alpha value is -2.67. The van der Waals surface area contributed by atoms with Crippen LogP contribution in [-0.2, 0) is 9.53 Å². The van der Waals surface area contributed by atoms with E-state index in [-0.39, 0.29) is 11.8 Å². The molecular formula is C21H22FN3O2S. The van der Waals surface area contributed by atoms with E-state index in [0.717, 1.165) is 12.1 Å². The van der Waals surface area contributed by atoms with Crippen LogP contribution in [0.2, 0.25) is 0 Å². The first-order chi connectivity index (χ1) is 13.7. The molecule has 0 aliphatic heterocycles. The summed E-state index contributed by atoms with van der Waals surface area (Å²) in [6.45, 7) is 4.12. The van der Waals surface area contributed by atoms with Crippen molar-refractivity contribution in [3.05, 3.63) is 60.4 Å². The average molecular weight is 399 g/mol. The van der Waals surface area contributed by atoms with Gasteiger partial charge < -0.3 is 4.74 Å². The molecule has 0 saturated heterocycles. The highest BCUT2D eigenvalue weighted by Gasteiger charge is 2.26. The SMILES string of the molecule is CCC[C@@H](Sc1nnc(-c2ccccc2F)n1-c1ccccc1)C(=O)OCC. The lowest BCUT2D eigenvalue weighted by Gasteiger charge is -2.15. The van der Waals surface area contributed by atoms with E-state index in [4.69, 9.17) is 4.74 Å². The number of hydrogen-bond acceptors (Lipinski definition) is 5. The van der Waals surface area contributed by atoms with E-state index in [1.54, 1.807) is 29.7 Å². The summed E-state index contributed by atoms with van der Waals surface area (Å²) in [7, 11) is 0. The largest absolute Gasteiger partial charge is 0.465 e. The van der Waals surface area contributed by atoms with Crippen LogP contribution in [-0.4, -0.2) is 32.6 Å². The summed E-state index contributed by atoms with van der Waals surface area (Å²) in [5, 5.41) is 8.64. The van der Waals surface area contributed by atoms with Crippen molar-refractivity contribution in [2.75, 3.05) is 6.61 Å². The Bertz CT molecular complexity index is 930. The maximum Gasteiger partial charge on any atom is 0.319 e. The third kappa shape index (κ3) is 4.42.